The standard InChI is InChI=1S/C20H23F2N3O3S/c1-14(29-18-8-6-17(7-9-18)25(27)28)20(26)24(11-10-23(2)3)13-15-4-5-16(21)12-19(15)22/h4-9,12,14H,10-11,13H2,1-3H3. The zero-order chi connectivity index (χ0) is 21.6. The summed E-state index contributed by atoms with van der Waals surface area (Å²) in [5, 5.41) is 10.3. The van der Waals surface area contributed by atoms with Gasteiger partial charge in [0.15, 0.2) is 0 Å². The van der Waals surface area contributed by atoms with E-state index in [0.717, 1.165) is 11.0 Å². The molecule has 0 aliphatic rings. The van der Waals surface area contributed by atoms with Crippen LogP contribution >= 0.6 is 11.8 Å². The number of thioether (sulfide) groups is 1. The molecule has 1 unspecified atom stereocenters. The topological polar surface area (TPSA) is 66.7 Å². The van der Waals surface area contributed by atoms with E-state index in [1.807, 2.05) is 19.0 Å². The average Bonchev–Trinajstić information content (AvgIpc) is 2.66. The Balaban J connectivity index is 2.13. The summed E-state index contributed by atoms with van der Waals surface area (Å²) in [4.78, 5) is 27.5. The lowest BCUT2D eigenvalue weighted by Crippen LogP contribution is -2.40. The molecule has 156 valence electrons. The van der Waals surface area contributed by atoms with Crippen LogP contribution in [0, 0.1) is 21.7 Å². The van der Waals surface area contributed by atoms with Gasteiger partial charge in [0.1, 0.15) is 11.6 Å². The molecule has 2 rings (SSSR count). The van der Waals surface area contributed by atoms with Crippen LogP contribution in [0.15, 0.2) is 47.4 Å². The maximum absolute atomic E-state index is 14.1. The molecule has 0 aromatic heterocycles. The summed E-state index contributed by atoms with van der Waals surface area (Å²) >= 11 is 1.27. The monoisotopic (exact) mass is 423 g/mol. The van der Waals surface area contributed by atoms with Gasteiger partial charge in [0.25, 0.3) is 5.69 Å². The molecule has 1 atom stereocenters. The molecule has 29 heavy (non-hydrogen) atoms. The Morgan fingerprint density at radius 2 is 1.79 bits per heavy atom. The Morgan fingerprint density at radius 1 is 1.14 bits per heavy atom. The number of nitrogens with zero attached hydrogens (tertiary/aromatic N) is 3. The second-order valence-electron chi connectivity index (χ2n) is 6.81. The lowest BCUT2D eigenvalue weighted by molar-refractivity contribution is -0.384. The number of hydrogen-bond donors (Lipinski definition) is 0. The van der Waals surface area contributed by atoms with Crippen LogP contribution in [0.3, 0.4) is 0 Å². The minimum absolute atomic E-state index is 0.0206. The summed E-state index contributed by atoms with van der Waals surface area (Å²) in [6.07, 6.45) is 0. The molecule has 0 aliphatic carbocycles. The molecule has 9 heteroatoms. The highest BCUT2D eigenvalue weighted by Crippen LogP contribution is 2.27. The van der Waals surface area contributed by atoms with Crippen molar-refractivity contribution in [3.05, 3.63) is 69.8 Å². The minimum Gasteiger partial charge on any atom is -0.336 e. The number of non-ortho nitro benzene ring substituents is 1. The molecule has 0 fully saturated rings. The second-order valence-corrected chi connectivity index (χ2v) is 8.22. The summed E-state index contributed by atoms with van der Waals surface area (Å²) in [5.74, 6) is -1.55. The Labute approximate surface area is 172 Å². The first kappa shape index (κ1) is 22.8. The van der Waals surface area contributed by atoms with Crippen LogP contribution in [0.1, 0.15) is 12.5 Å². The van der Waals surface area contributed by atoms with Crippen molar-refractivity contribution in [1.29, 1.82) is 0 Å². The first-order chi connectivity index (χ1) is 13.7. The average molecular weight is 423 g/mol. The van der Waals surface area contributed by atoms with Gasteiger partial charge < -0.3 is 9.80 Å². The fourth-order valence-corrected chi connectivity index (χ4v) is 3.55. The maximum atomic E-state index is 14.1. The van der Waals surface area contributed by atoms with Crippen LogP contribution < -0.4 is 0 Å². The van der Waals surface area contributed by atoms with Gasteiger partial charge in [-0.3, -0.25) is 14.9 Å². The summed E-state index contributed by atoms with van der Waals surface area (Å²) in [7, 11) is 3.74. The Hall–Kier alpha value is -2.52. The van der Waals surface area contributed by atoms with E-state index in [9.17, 15) is 23.7 Å². The minimum atomic E-state index is -0.691. The maximum Gasteiger partial charge on any atom is 0.269 e. The number of likely N-dealkylation sites (N-methyl/N-ethyl adjacent to an activating group) is 1. The van der Waals surface area contributed by atoms with Crippen LogP contribution in [0.5, 0.6) is 0 Å². The van der Waals surface area contributed by atoms with Crippen molar-refractivity contribution in [3.63, 3.8) is 0 Å². The van der Waals surface area contributed by atoms with Crippen molar-refractivity contribution in [1.82, 2.24) is 9.80 Å². The van der Waals surface area contributed by atoms with Crippen LogP contribution in [0.4, 0.5) is 14.5 Å². The fourth-order valence-electron chi connectivity index (χ4n) is 2.60. The molecule has 0 spiro atoms. The van der Waals surface area contributed by atoms with Crippen molar-refractivity contribution < 1.29 is 18.5 Å². The van der Waals surface area contributed by atoms with Gasteiger partial charge in [-0.2, -0.15) is 0 Å². The highest BCUT2D eigenvalue weighted by Gasteiger charge is 2.23. The molecule has 0 radical (unpaired) electrons. The number of nitro benzene ring substituents is 1. The highest BCUT2D eigenvalue weighted by atomic mass is 32.2. The number of carbonyl (C=O) groups excluding carboxylic acids is 1. The molecule has 1 amide bonds. The smallest absolute Gasteiger partial charge is 0.269 e. The zero-order valence-corrected chi connectivity index (χ0v) is 17.3. The van der Waals surface area contributed by atoms with E-state index in [1.165, 1.54) is 36.0 Å². The molecule has 0 saturated carbocycles. The van der Waals surface area contributed by atoms with Gasteiger partial charge in [-0.15, -0.1) is 11.8 Å². The SMILES string of the molecule is CC(Sc1ccc([N+](=O)[O-])cc1)C(=O)N(CCN(C)C)Cc1ccc(F)cc1F. The molecule has 0 bridgehead atoms. The Kier molecular flexibility index (Phi) is 8.10. The Bertz CT molecular complexity index is 863. The van der Waals surface area contributed by atoms with Gasteiger partial charge in [0.2, 0.25) is 5.91 Å². The van der Waals surface area contributed by atoms with Gasteiger partial charge in [0.05, 0.1) is 10.2 Å². The zero-order valence-electron chi connectivity index (χ0n) is 16.5. The largest absolute Gasteiger partial charge is 0.336 e. The molecular formula is C20H23F2N3O3S. The van der Waals surface area contributed by atoms with E-state index in [4.69, 9.17) is 0 Å². The highest BCUT2D eigenvalue weighted by molar-refractivity contribution is 8.00. The summed E-state index contributed by atoms with van der Waals surface area (Å²) < 4.78 is 27.2. The van der Waals surface area contributed by atoms with Gasteiger partial charge in [0, 0.05) is 48.3 Å². The lowest BCUT2D eigenvalue weighted by atomic mass is 10.2. The lowest BCUT2D eigenvalue weighted by Gasteiger charge is -2.27. The number of carbonyl (C=O) groups is 1. The third kappa shape index (κ3) is 6.79. The summed E-state index contributed by atoms with van der Waals surface area (Å²) in [6.45, 7) is 2.74. The van der Waals surface area contributed by atoms with Crippen LogP contribution in [-0.2, 0) is 11.3 Å². The predicted octanol–water partition coefficient (Wildman–Crippen LogP) is 3.94. The van der Waals surface area contributed by atoms with Gasteiger partial charge in [-0.1, -0.05) is 6.07 Å². The van der Waals surface area contributed by atoms with Crippen molar-refractivity contribution in [2.75, 3.05) is 27.2 Å². The number of benzene rings is 2. The van der Waals surface area contributed by atoms with E-state index < -0.39 is 21.8 Å². The fraction of sp³-hybridized carbons (Fsp3) is 0.350. The molecule has 0 N–H and O–H groups in total. The first-order valence-electron chi connectivity index (χ1n) is 8.96. The molecule has 6 nitrogen and oxygen atoms in total. The van der Waals surface area contributed by atoms with Gasteiger partial charge >= 0.3 is 0 Å². The quantitative estimate of drug-likeness (QED) is 0.347. The number of amides is 1. The number of hydrogen-bond acceptors (Lipinski definition) is 5. The van der Waals surface area contributed by atoms with E-state index in [0.29, 0.717) is 13.1 Å². The molecule has 0 aliphatic heterocycles. The molecule has 0 heterocycles. The summed E-state index contributed by atoms with van der Waals surface area (Å²) in [5.41, 5.74) is 0.221. The van der Waals surface area contributed by atoms with Crippen molar-refractivity contribution in [3.8, 4) is 0 Å². The Morgan fingerprint density at radius 3 is 2.34 bits per heavy atom. The van der Waals surface area contributed by atoms with E-state index in [1.54, 1.807) is 24.0 Å². The van der Waals surface area contributed by atoms with Crippen LogP contribution in [0.25, 0.3) is 0 Å². The van der Waals surface area contributed by atoms with Crippen molar-refractivity contribution in [2.45, 2.75) is 23.6 Å². The van der Waals surface area contributed by atoms with Crippen molar-refractivity contribution in [2.24, 2.45) is 0 Å². The molecule has 2 aromatic carbocycles. The number of halogens is 2. The predicted molar refractivity (Wildman–Crippen MR) is 109 cm³/mol. The van der Waals surface area contributed by atoms with Gasteiger partial charge in [-0.25, -0.2) is 8.78 Å². The molecule has 2 aromatic rings. The number of rotatable bonds is 9. The molecule has 0 saturated heterocycles. The number of nitro groups is 1. The van der Waals surface area contributed by atoms with E-state index in [2.05, 4.69) is 0 Å². The second kappa shape index (κ2) is 10.3. The summed E-state index contributed by atoms with van der Waals surface area (Å²) in [6, 6.07) is 9.27. The third-order valence-electron chi connectivity index (χ3n) is 4.21. The normalized spacial score (nSPS) is 12.1. The van der Waals surface area contributed by atoms with Gasteiger partial charge in [-0.05, 0) is 39.2 Å². The van der Waals surface area contributed by atoms with Crippen LogP contribution in [-0.4, -0.2) is 53.1 Å². The van der Waals surface area contributed by atoms with E-state index >= 15 is 0 Å². The molecular weight excluding hydrogens is 400 g/mol. The van der Waals surface area contributed by atoms with Crippen LogP contribution in [0.2, 0.25) is 0 Å². The third-order valence-corrected chi connectivity index (χ3v) is 5.31. The van der Waals surface area contributed by atoms with Crippen molar-refractivity contribution >= 4 is 23.4 Å². The first-order valence-corrected chi connectivity index (χ1v) is 9.84. The van der Waals surface area contributed by atoms with E-state index in [-0.39, 0.29) is 23.7 Å².